The number of nitrogens with two attached hydrogens (primary N) is 1. The Balaban J connectivity index is -0.0000000750. The molecule has 0 atom stereocenters. The zero-order valence-electron chi connectivity index (χ0n) is 5.35. The van der Waals surface area contributed by atoms with E-state index in [0.717, 1.165) is 0 Å². The first-order chi connectivity index (χ1) is 3.41. The Bertz CT molecular complexity index is 38.3. The van der Waals surface area contributed by atoms with Crippen LogP contribution in [0.5, 0.6) is 0 Å². The normalized spacial score (nSPS) is 5.50. The molecule has 0 unspecified atom stereocenters. The van der Waals surface area contributed by atoms with Crippen LogP contribution in [0, 0.1) is 11.8 Å². The van der Waals surface area contributed by atoms with E-state index < -0.39 is 0 Å². The molecule has 0 amide bonds. The minimum atomic E-state index is 0. The van der Waals surface area contributed by atoms with Gasteiger partial charge in [-0.3, -0.25) is 0 Å². The van der Waals surface area contributed by atoms with Crippen molar-refractivity contribution in [3.63, 3.8) is 0 Å². The van der Waals surface area contributed by atoms with E-state index in [4.69, 9.17) is 17.6 Å². The van der Waals surface area contributed by atoms with E-state index in [-0.39, 0.29) is 51.4 Å². The molecule has 0 heterocycles. The molecule has 0 aliphatic carbocycles. The van der Waals surface area contributed by atoms with E-state index in [0.29, 0.717) is 13.2 Å². The van der Waals surface area contributed by atoms with Gasteiger partial charge in [-0.15, -0.1) is 0 Å². The molecule has 0 aromatic rings. The molecule has 0 aliphatic heterocycles. The maximum Gasteiger partial charge on any atom is 1.00 e. The fraction of sp³-hybridized carbons (Fsp3) is 0.750. The summed E-state index contributed by atoms with van der Waals surface area (Å²) >= 11 is 0. The Labute approximate surface area is 92.6 Å². The van der Waals surface area contributed by atoms with Crippen molar-refractivity contribution in [3.05, 3.63) is 6.57 Å². The summed E-state index contributed by atoms with van der Waals surface area (Å²) in [6.45, 7) is 6.04. The van der Waals surface area contributed by atoms with Gasteiger partial charge >= 0.3 is 51.4 Å². The van der Waals surface area contributed by atoms with Crippen LogP contribution in [-0.2, 0) is 4.74 Å². The summed E-state index contributed by atoms with van der Waals surface area (Å²) in [5.41, 5.74) is 5.01. The standard InChI is InChI=1S/C3H9NO.CN.K/c1-5-3-2-4;1-2;/h2-4H2,1H3;;/q;-1;+1. The van der Waals surface area contributed by atoms with Gasteiger partial charge in [0.1, 0.15) is 0 Å². The summed E-state index contributed by atoms with van der Waals surface area (Å²) in [6.07, 6.45) is 0. The molecule has 0 fully saturated rings. The fourth-order valence-electron chi connectivity index (χ4n) is 0.118. The van der Waals surface area contributed by atoms with Gasteiger partial charge in [0, 0.05) is 13.7 Å². The molecule has 0 aliphatic rings. The molecule has 42 valence electrons. The van der Waals surface area contributed by atoms with Crippen LogP contribution in [-0.4, -0.2) is 20.3 Å². The van der Waals surface area contributed by atoms with Crippen LogP contribution in [0.25, 0.3) is 0 Å². The van der Waals surface area contributed by atoms with Crippen LogP contribution in [0.3, 0.4) is 0 Å². The van der Waals surface area contributed by atoms with Crippen molar-refractivity contribution in [1.82, 2.24) is 0 Å². The second-order valence-electron chi connectivity index (χ2n) is 0.781. The number of ether oxygens (including phenoxy) is 1. The molecular weight excluding hydrogens is 131 g/mol. The molecular formula is C4H9KN2O. The second kappa shape index (κ2) is 24.4. The van der Waals surface area contributed by atoms with Gasteiger partial charge in [0.25, 0.3) is 0 Å². The molecule has 0 saturated carbocycles. The first-order valence-corrected chi connectivity index (χ1v) is 1.83. The van der Waals surface area contributed by atoms with E-state index in [1.807, 2.05) is 0 Å². The van der Waals surface area contributed by atoms with Gasteiger partial charge in [-0.25, -0.2) is 0 Å². The fourth-order valence-corrected chi connectivity index (χ4v) is 0.118. The molecule has 8 heavy (non-hydrogen) atoms. The van der Waals surface area contributed by atoms with E-state index >= 15 is 0 Å². The van der Waals surface area contributed by atoms with Crippen molar-refractivity contribution in [2.24, 2.45) is 5.73 Å². The van der Waals surface area contributed by atoms with Gasteiger partial charge < -0.3 is 22.3 Å². The maximum atomic E-state index is 6.25. The van der Waals surface area contributed by atoms with Crippen LogP contribution in [0.4, 0.5) is 0 Å². The molecule has 0 aromatic carbocycles. The third kappa shape index (κ3) is 27.8. The number of nitrogens with zero attached hydrogens (tertiary/aromatic N) is 1. The van der Waals surface area contributed by atoms with Crippen LogP contribution in [0.2, 0.25) is 0 Å². The summed E-state index contributed by atoms with van der Waals surface area (Å²) in [5, 5.41) is 6.25. The smallest absolute Gasteiger partial charge is 0.512 e. The molecule has 0 spiro atoms. The van der Waals surface area contributed by atoms with E-state index in [2.05, 4.69) is 4.74 Å². The maximum absolute atomic E-state index is 6.25. The van der Waals surface area contributed by atoms with Crippen molar-refractivity contribution >= 4 is 0 Å². The third-order valence-corrected chi connectivity index (χ3v) is 0.322. The monoisotopic (exact) mass is 140 g/mol. The summed E-state index contributed by atoms with van der Waals surface area (Å²) in [6, 6.07) is 0. The molecule has 0 rings (SSSR count). The zero-order chi connectivity index (χ0) is 6.12. The van der Waals surface area contributed by atoms with Crippen LogP contribution >= 0.6 is 0 Å². The largest absolute Gasteiger partial charge is 1.00 e. The second-order valence-corrected chi connectivity index (χ2v) is 0.781. The number of hydrogen-bond acceptors (Lipinski definition) is 3. The van der Waals surface area contributed by atoms with Crippen LogP contribution in [0.15, 0.2) is 0 Å². The predicted octanol–water partition coefficient (Wildman–Crippen LogP) is -3.31. The topological polar surface area (TPSA) is 59.0 Å². The Morgan fingerprint density at radius 3 is 2.00 bits per heavy atom. The molecule has 0 saturated heterocycles. The van der Waals surface area contributed by atoms with Gasteiger partial charge in [0.15, 0.2) is 0 Å². The SMILES string of the molecule is COCCN.[C-]#N.[K+]. The summed E-state index contributed by atoms with van der Waals surface area (Å²) < 4.78 is 4.57. The van der Waals surface area contributed by atoms with Gasteiger partial charge in [0.05, 0.1) is 6.61 Å². The minimum absolute atomic E-state index is 0. The van der Waals surface area contributed by atoms with Crippen molar-refractivity contribution in [2.45, 2.75) is 0 Å². The average Bonchev–Trinajstić information content (AvgIpc) is 1.75. The summed E-state index contributed by atoms with van der Waals surface area (Å²) in [4.78, 5) is 0. The zero-order valence-corrected chi connectivity index (χ0v) is 8.47. The number of rotatable bonds is 2. The van der Waals surface area contributed by atoms with Crippen molar-refractivity contribution in [1.29, 1.82) is 5.26 Å². The molecule has 2 N–H and O–H groups in total. The van der Waals surface area contributed by atoms with E-state index in [1.54, 1.807) is 7.11 Å². The first-order valence-electron chi connectivity index (χ1n) is 1.83. The quantitative estimate of drug-likeness (QED) is 0.323. The van der Waals surface area contributed by atoms with Gasteiger partial charge in [-0.05, 0) is 0 Å². The van der Waals surface area contributed by atoms with Gasteiger partial charge in [0.2, 0.25) is 0 Å². The third-order valence-electron chi connectivity index (χ3n) is 0.322. The van der Waals surface area contributed by atoms with Gasteiger partial charge in [-0.2, -0.15) is 0 Å². The van der Waals surface area contributed by atoms with E-state index in [1.165, 1.54) is 0 Å². The predicted molar refractivity (Wildman–Crippen MR) is 25.9 cm³/mol. The minimum Gasteiger partial charge on any atom is -0.512 e. The van der Waals surface area contributed by atoms with Crippen LogP contribution < -0.4 is 57.1 Å². The van der Waals surface area contributed by atoms with Crippen molar-refractivity contribution in [3.8, 4) is 0 Å². The number of methoxy groups -OCH3 is 1. The first kappa shape index (κ1) is 16.0. The van der Waals surface area contributed by atoms with Crippen molar-refractivity contribution in [2.75, 3.05) is 20.3 Å². The van der Waals surface area contributed by atoms with E-state index in [9.17, 15) is 0 Å². The van der Waals surface area contributed by atoms with Crippen LogP contribution in [0.1, 0.15) is 0 Å². The molecule has 0 bridgehead atoms. The molecule has 0 aromatic heterocycles. The summed E-state index contributed by atoms with van der Waals surface area (Å²) in [5.74, 6) is 0. The number of hydrogen-bond donors (Lipinski definition) is 1. The average molecular weight is 140 g/mol. The Morgan fingerprint density at radius 2 is 2.00 bits per heavy atom. The molecule has 3 nitrogen and oxygen atoms in total. The van der Waals surface area contributed by atoms with Gasteiger partial charge in [-0.1, -0.05) is 0 Å². The Hall–Kier alpha value is 1.05. The Morgan fingerprint density at radius 1 is 1.62 bits per heavy atom. The Kier molecular flexibility index (Phi) is 48.9. The molecule has 4 heteroatoms. The van der Waals surface area contributed by atoms with Crippen molar-refractivity contribution < 1.29 is 56.1 Å². The summed E-state index contributed by atoms with van der Waals surface area (Å²) in [7, 11) is 1.63. The molecule has 0 radical (unpaired) electrons.